The number of nitrogens with zero attached hydrogens (tertiary/aromatic N) is 1. The van der Waals surface area contributed by atoms with Crippen LogP contribution in [0.25, 0.3) is 0 Å². The molecule has 1 heterocycles. The summed E-state index contributed by atoms with van der Waals surface area (Å²) in [5.41, 5.74) is 3.52. The zero-order valence-corrected chi connectivity index (χ0v) is 14.5. The van der Waals surface area contributed by atoms with E-state index < -0.39 is 0 Å². The third kappa shape index (κ3) is 3.99. The van der Waals surface area contributed by atoms with Gasteiger partial charge in [-0.05, 0) is 55.7 Å². The van der Waals surface area contributed by atoms with Crippen LogP contribution in [0.15, 0.2) is 42.5 Å². The fourth-order valence-corrected chi connectivity index (χ4v) is 3.13. The van der Waals surface area contributed by atoms with Gasteiger partial charge in [-0.1, -0.05) is 12.1 Å². The molecule has 1 aliphatic heterocycles. The summed E-state index contributed by atoms with van der Waals surface area (Å²) >= 11 is 0. The first-order chi connectivity index (χ1) is 12.1. The van der Waals surface area contributed by atoms with Gasteiger partial charge >= 0.3 is 0 Å². The summed E-state index contributed by atoms with van der Waals surface area (Å²) in [6, 6.07) is 13.0. The highest BCUT2D eigenvalue weighted by atomic mass is 16.5. The van der Waals surface area contributed by atoms with Gasteiger partial charge in [-0.2, -0.15) is 0 Å². The predicted octanol–water partition coefficient (Wildman–Crippen LogP) is 3.29. The number of rotatable bonds is 5. The normalized spacial score (nSPS) is 13.1. The molecule has 0 aromatic heterocycles. The van der Waals surface area contributed by atoms with Crippen molar-refractivity contribution in [1.82, 2.24) is 0 Å². The van der Waals surface area contributed by atoms with E-state index in [0.717, 1.165) is 30.8 Å². The van der Waals surface area contributed by atoms with Gasteiger partial charge in [0.25, 0.3) is 0 Å². The molecular weight excluding hydrogens is 316 g/mol. The molecule has 2 aromatic carbocycles. The summed E-state index contributed by atoms with van der Waals surface area (Å²) in [7, 11) is 1.66. The molecule has 0 bridgehead atoms. The average molecular weight is 338 g/mol. The lowest BCUT2D eigenvalue weighted by Crippen LogP contribution is -2.36. The number of carbonyl (C=O) groups excluding carboxylic acids is 2. The van der Waals surface area contributed by atoms with Crippen molar-refractivity contribution in [2.45, 2.75) is 19.8 Å². The molecule has 1 N–H and O–H groups in total. The van der Waals surface area contributed by atoms with Crippen LogP contribution in [0.4, 0.5) is 11.4 Å². The number of Topliss-reactive ketones (excluding diaryl/α,β-unsaturated/α-hetero) is 1. The fraction of sp³-hybridized carbons (Fsp3) is 0.300. The highest BCUT2D eigenvalue weighted by molar-refractivity contribution is 5.98. The van der Waals surface area contributed by atoms with Gasteiger partial charge in [-0.3, -0.25) is 9.59 Å². The number of amides is 1. The quantitative estimate of drug-likeness (QED) is 0.850. The third-order valence-electron chi connectivity index (χ3n) is 4.39. The van der Waals surface area contributed by atoms with Gasteiger partial charge in [0.1, 0.15) is 5.75 Å². The summed E-state index contributed by atoms with van der Waals surface area (Å²) < 4.78 is 5.28. The van der Waals surface area contributed by atoms with Crippen molar-refractivity contribution in [2.75, 3.05) is 30.4 Å². The Labute approximate surface area is 147 Å². The van der Waals surface area contributed by atoms with Gasteiger partial charge in [0, 0.05) is 23.5 Å². The lowest BCUT2D eigenvalue weighted by Gasteiger charge is -2.31. The van der Waals surface area contributed by atoms with Gasteiger partial charge in [-0.25, -0.2) is 0 Å². The Kier molecular flexibility index (Phi) is 5.03. The van der Waals surface area contributed by atoms with Gasteiger partial charge in [0.05, 0.1) is 13.7 Å². The molecule has 130 valence electrons. The molecule has 0 atom stereocenters. The number of fused-ring (bicyclic) bond motifs is 1. The summed E-state index contributed by atoms with van der Waals surface area (Å²) in [5, 5.41) is 2.88. The standard InChI is InChI=1S/C20H22N2O3/c1-14(23)15-5-3-7-17(11-15)21-20(24)13-22-10-4-6-16-12-18(25-2)8-9-19(16)22/h3,5,7-9,11-12H,4,6,10,13H2,1-2H3,(H,21,24). The molecule has 0 saturated heterocycles. The Balaban J connectivity index is 1.70. The monoisotopic (exact) mass is 338 g/mol. The van der Waals surface area contributed by atoms with Crippen LogP contribution in [0.5, 0.6) is 5.75 Å². The van der Waals surface area contributed by atoms with E-state index in [1.807, 2.05) is 18.2 Å². The Morgan fingerprint density at radius 2 is 2.04 bits per heavy atom. The smallest absolute Gasteiger partial charge is 0.243 e. The first kappa shape index (κ1) is 17.0. The minimum absolute atomic E-state index is 0.0185. The average Bonchev–Trinajstić information content (AvgIpc) is 2.61. The van der Waals surface area contributed by atoms with Crippen molar-refractivity contribution in [3.8, 4) is 5.75 Å². The molecule has 0 fully saturated rings. The number of nitrogens with one attached hydrogen (secondary N) is 1. The molecule has 5 heteroatoms. The van der Waals surface area contributed by atoms with Gasteiger partial charge in [0.15, 0.2) is 5.78 Å². The summed E-state index contributed by atoms with van der Waals surface area (Å²) in [5.74, 6) is 0.727. The van der Waals surface area contributed by atoms with Gasteiger partial charge in [-0.15, -0.1) is 0 Å². The fourth-order valence-electron chi connectivity index (χ4n) is 3.13. The SMILES string of the molecule is COc1ccc2c(c1)CCCN2CC(=O)Nc1cccc(C(C)=O)c1. The number of hydrogen-bond donors (Lipinski definition) is 1. The zero-order chi connectivity index (χ0) is 17.8. The van der Waals surface area contributed by atoms with Gasteiger partial charge < -0.3 is 15.0 Å². The van der Waals surface area contributed by atoms with Crippen LogP contribution >= 0.6 is 0 Å². The molecule has 0 radical (unpaired) electrons. The molecule has 0 unspecified atom stereocenters. The topological polar surface area (TPSA) is 58.6 Å². The maximum absolute atomic E-state index is 12.4. The molecule has 1 amide bonds. The second-order valence-electron chi connectivity index (χ2n) is 6.20. The second-order valence-corrected chi connectivity index (χ2v) is 6.20. The maximum Gasteiger partial charge on any atom is 0.243 e. The number of carbonyl (C=O) groups is 2. The van der Waals surface area contributed by atoms with Crippen molar-refractivity contribution in [3.63, 3.8) is 0 Å². The molecule has 2 aromatic rings. The number of ketones is 1. The van der Waals surface area contributed by atoms with Crippen LogP contribution < -0.4 is 15.0 Å². The minimum Gasteiger partial charge on any atom is -0.497 e. The summed E-state index contributed by atoms with van der Waals surface area (Å²) in [6.45, 7) is 2.64. The van der Waals surface area contributed by atoms with Crippen molar-refractivity contribution in [2.24, 2.45) is 0 Å². The molecule has 0 aliphatic carbocycles. The lowest BCUT2D eigenvalue weighted by atomic mass is 10.0. The molecular formula is C20H22N2O3. The zero-order valence-electron chi connectivity index (χ0n) is 14.5. The molecule has 0 spiro atoms. The van der Waals surface area contributed by atoms with Crippen LogP contribution in [0.2, 0.25) is 0 Å². The van der Waals surface area contributed by atoms with Crippen LogP contribution in [0, 0.1) is 0 Å². The van der Waals surface area contributed by atoms with Crippen LogP contribution in [0.1, 0.15) is 29.3 Å². The number of hydrogen-bond acceptors (Lipinski definition) is 4. The lowest BCUT2D eigenvalue weighted by molar-refractivity contribution is -0.115. The third-order valence-corrected chi connectivity index (χ3v) is 4.39. The van der Waals surface area contributed by atoms with E-state index in [0.29, 0.717) is 11.3 Å². The van der Waals surface area contributed by atoms with E-state index in [-0.39, 0.29) is 18.2 Å². The van der Waals surface area contributed by atoms with E-state index >= 15 is 0 Å². The van der Waals surface area contributed by atoms with E-state index in [2.05, 4.69) is 10.2 Å². The molecule has 5 nitrogen and oxygen atoms in total. The highest BCUT2D eigenvalue weighted by Crippen LogP contribution is 2.30. The summed E-state index contributed by atoms with van der Waals surface area (Å²) in [4.78, 5) is 26.0. The van der Waals surface area contributed by atoms with E-state index in [1.165, 1.54) is 12.5 Å². The highest BCUT2D eigenvalue weighted by Gasteiger charge is 2.19. The summed E-state index contributed by atoms with van der Waals surface area (Å²) in [6.07, 6.45) is 2.00. The van der Waals surface area contributed by atoms with E-state index in [4.69, 9.17) is 4.74 Å². The second kappa shape index (κ2) is 7.38. The number of anilines is 2. The van der Waals surface area contributed by atoms with Crippen molar-refractivity contribution in [3.05, 3.63) is 53.6 Å². The first-order valence-electron chi connectivity index (χ1n) is 8.39. The number of ether oxygens (including phenoxy) is 1. The van der Waals surface area contributed by atoms with Crippen LogP contribution in [-0.4, -0.2) is 31.9 Å². The van der Waals surface area contributed by atoms with Crippen molar-refractivity contribution < 1.29 is 14.3 Å². The van der Waals surface area contributed by atoms with Crippen LogP contribution in [0.3, 0.4) is 0 Å². The largest absolute Gasteiger partial charge is 0.497 e. The molecule has 3 rings (SSSR count). The van der Waals surface area contributed by atoms with E-state index in [9.17, 15) is 9.59 Å². The Hall–Kier alpha value is -2.82. The number of benzene rings is 2. The van der Waals surface area contributed by atoms with Crippen LogP contribution in [-0.2, 0) is 11.2 Å². The Morgan fingerprint density at radius 1 is 1.20 bits per heavy atom. The molecule has 1 aliphatic rings. The number of aryl methyl sites for hydroxylation is 1. The first-order valence-corrected chi connectivity index (χ1v) is 8.39. The van der Waals surface area contributed by atoms with E-state index in [1.54, 1.807) is 31.4 Å². The van der Waals surface area contributed by atoms with Gasteiger partial charge in [0.2, 0.25) is 5.91 Å². The minimum atomic E-state index is -0.0932. The Morgan fingerprint density at radius 3 is 2.80 bits per heavy atom. The number of methoxy groups -OCH3 is 1. The maximum atomic E-state index is 12.4. The predicted molar refractivity (Wildman–Crippen MR) is 98.6 cm³/mol. The Bertz CT molecular complexity index is 801. The van der Waals surface area contributed by atoms with Crippen molar-refractivity contribution >= 4 is 23.1 Å². The van der Waals surface area contributed by atoms with Crippen molar-refractivity contribution in [1.29, 1.82) is 0 Å². The molecule has 25 heavy (non-hydrogen) atoms. The molecule has 0 saturated carbocycles.